The Bertz CT molecular complexity index is 469. The zero-order valence-electron chi connectivity index (χ0n) is 11.7. The van der Waals surface area contributed by atoms with Crippen molar-refractivity contribution in [1.82, 2.24) is 0 Å². The summed E-state index contributed by atoms with van der Waals surface area (Å²) in [5, 5.41) is 3.33. The minimum Gasteiger partial charge on any atom is -0.491 e. The highest BCUT2D eigenvalue weighted by Gasteiger charge is 2.14. The van der Waals surface area contributed by atoms with Crippen LogP contribution in [-0.2, 0) is 4.79 Å². The molecule has 6 heteroatoms. The summed E-state index contributed by atoms with van der Waals surface area (Å²) >= 11 is 9.38. The summed E-state index contributed by atoms with van der Waals surface area (Å²) in [5.41, 5.74) is 6.42. The van der Waals surface area contributed by atoms with Gasteiger partial charge in [-0.2, -0.15) is 0 Å². The van der Waals surface area contributed by atoms with Gasteiger partial charge in [-0.25, -0.2) is 0 Å². The van der Waals surface area contributed by atoms with Gasteiger partial charge in [0.1, 0.15) is 0 Å². The van der Waals surface area contributed by atoms with Crippen molar-refractivity contribution in [3.05, 3.63) is 21.6 Å². The molecule has 0 radical (unpaired) electrons. The van der Waals surface area contributed by atoms with Crippen LogP contribution in [0.1, 0.15) is 33.1 Å². The molecule has 0 saturated heterocycles. The van der Waals surface area contributed by atoms with E-state index < -0.39 is 0 Å². The number of halogens is 2. The van der Waals surface area contributed by atoms with Gasteiger partial charge in [0.15, 0.2) is 5.75 Å². The maximum absolute atomic E-state index is 12.0. The molecule has 0 aliphatic heterocycles. The lowest BCUT2D eigenvalue weighted by Crippen LogP contribution is -2.27. The van der Waals surface area contributed by atoms with E-state index >= 15 is 0 Å². The fraction of sp³-hybridized carbons (Fsp3) is 0.500. The third-order valence-corrected chi connectivity index (χ3v) is 3.49. The SMILES string of the molecule is CCCC(N)CC(=O)Nc1cc(Cl)cc(Br)c1OCC. The molecule has 1 aromatic rings. The number of anilines is 1. The quantitative estimate of drug-likeness (QED) is 0.770. The molecule has 1 atom stereocenters. The van der Waals surface area contributed by atoms with E-state index in [1.54, 1.807) is 12.1 Å². The van der Waals surface area contributed by atoms with Crippen LogP contribution in [0.5, 0.6) is 5.75 Å². The van der Waals surface area contributed by atoms with Crippen LogP contribution in [0.3, 0.4) is 0 Å². The number of amides is 1. The molecule has 1 rings (SSSR count). The summed E-state index contributed by atoms with van der Waals surface area (Å²) in [5.74, 6) is 0.440. The topological polar surface area (TPSA) is 64.4 Å². The summed E-state index contributed by atoms with van der Waals surface area (Å²) < 4.78 is 6.23. The first-order valence-corrected chi connectivity index (χ1v) is 7.82. The van der Waals surface area contributed by atoms with Crippen LogP contribution in [0.15, 0.2) is 16.6 Å². The molecule has 0 aliphatic carbocycles. The zero-order chi connectivity index (χ0) is 15.1. The number of carbonyl (C=O) groups excluding carboxylic acids is 1. The molecule has 1 aromatic carbocycles. The molecule has 112 valence electrons. The van der Waals surface area contributed by atoms with Crippen molar-refractivity contribution in [3.8, 4) is 5.75 Å². The third kappa shape index (κ3) is 5.31. The van der Waals surface area contributed by atoms with E-state index in [1.165, 1.54) is 0 Å². The first-order chi connectivity index (χ1) is 9.47. The van der Waals surface area contributed by atoms with E-state index in [-0.39, 0.29) is 18.4 Å². The molecule has 0 aromatic heterocycles. The first-order valence-electron chi connectivity index (χ1n) is 6.65. The lowest BCUT2D eigenvalue weighted by Gasteiger charge is -2.15. The van der Waals surface area contributed by atoms with Crippen LogP contribution in [0.4, 0.5) is 5.69 Å². The van der Waals surface area contributed by atoms with Crippen molar-refractivity contribution in [3.63, 3.8) is 0 Å². The van der Waals surface area contributed by atoms with Crippen molar-refractivity contribution in [2.45, 2.75) is 39.2 Å². The fourth-order valence-corrected chi connectivity index (χ4v) is 2.78. The first kappa shape index (κ1) is 17.3. The Balaban J connectivity index is 2.82. The molecule has 1 amide bonds. The molecule has 1 unspecified atom stereocenters. The van der Waals surface area contributed by atoms with E-state index in [0.29, 0.717) is 27.5 Å². The van der Waals surface area contributed by atoms with Crippen molar-refractivity contribution in [2.24, 2.45) is 5.73 Å². The van der Waals surface area contributed by atoms with Crippen molar-refractivity contribution in [2.75, 3.05) is 11.9 Å². The number of nitrogens with one attached hydrogen (secondary N) is 1. The van der Waals surface area contributed by atoms with Crippen LogP contribution in [0.2, 0.25) is 5.02 Å². The molecule has 0 heterocycles. The van der Waals surface area contributed by atoms with E-state index in [4.69, 9.17) is 22.1 Å². The van der Waals surface area contributed by atoms with E-state index in [0.717, 1.165) is 12.8 Å². The molecular weight excluding hydrogens is 344 g/mol. The molecule has 3 N–H and O–H groups in total. The van der Waals surface area contributed by atoms with Gasteiger partial charge in [0.25, 0.3) is 0 Å². The maximum atomic E-state index is 12.0. The van der Waals surface area contributed by atoms with Crippen molar-refractivity contribution < 1.29 is 9.53 Å². The number of hydrogen-bond donors (Lipinski definition) is 2. The van der Waals surface area contributed by atoms with Gasteiger partial charge in [-0.15, -0.1) is 0 Å². The average Bonchev–Trinajstić information content (AvgIpc) is 2.33. The van der Waals surface area contributed by atoms with Crippen LogP contribution < -0.4 is 15.8 Å². The zero-order valence-corrected chi connectivity index (χ0v) is 14.1. The van der Waals surface area contributed by atoms with Gasteiger partial charge >= 0.3 is 0 Å². The van der Waals surface area contributed by atoms with Gasteiger partial charge in [0.05, 0.1) is 16.8 Å². The highest BCUT2D eigenvalue weighted by Crippen LogP contribution is 2.36. The molecule has 20 heavy (non-hydrogen) atoms. The van der Waals surface area contributed by atoms with E-state index in [2.05, 4.69) is 21.2 Å². The second-order valence-corrected chi connectivity index (χ2v) is 5.79. The Hall–Kier alpha value is -0.780. The molecule has 0 fully saturated rings. The summed E-state index contributed by atoms with van der Waals surface area (Å²) in [6.07, 6.45) is 2.07. The van der Waals surface area contributed by atoms with Gasteiger partial charge in [0.2, 0.25) is 5.91 Å². The molecule has 4 nitrogen and oxygen atoms in total. The van der Waals surface area contributed by atoms with Gasteiger partial charge in [-0.05, 0) is 41.4 Å². The second-order valence-electron chi connectivity index (χ2n) is 4.50. The van der Waals surface area contributed by atoms with Crippen LogP contribution in [-0.4, -0.2) is 18.6 Å². The van der Waals surface area contributed by atoms with Gasteiger partial charge < -0.3 is 15.8 Å². The Labute approximate surface area is 133 Å². The van der Waals surface area contributed by atoms with Crippen molar-refractivity contribution in [1.29, 1.82) is 0 Å². The number of nitrogens with two attached hydrogens (primary N) is 1. The highest BCUT2D eigenvalue weighted by atomic mass is 79.9. The van der Waals surface area contributed by atoms with E-state index in [1.807, 2.05) is 13.8 Å². The Kier molecular flexibility index (Phi) is 7.34. The standard InChI is InChI=1S/C14H20BrClN2O2/c1-3-5-10(17)8-13(19)18-12-7-9(16)6-11(15)14(12)20-4-2/h6-7,10H,3-5,8,17H2,1-2H3,(H,18,19). The number of rotatable bonds is 7. The summed E-state index contributed by atoms with van der Waals surface area (Å²) in [4.78, 5) is 12.0. The van der Waals surface area contributed by atoms with Gasteiger partial charge in [0, 0.05) is 17.5 Å². The summed E-state index contributed by atoms with van der Waals surface area (Å²) in [6, 6.07) is 3.27. The van der Waals surface area contributed by atoms with E-state index in [9.17, 15) is 4.79 Å². The molecule has 0 bridgehead atoms. The average molecular weight is 364 g/mol. The highest BCUT2D eigenvalue weighted by molar-refractivity contribution is 9.10. The lowest BCUT2D eigenvalue weighted by molar-refractivity contribution is -0.116. The smallest absolute Gasteiger partial charge is 0.226 e. The Morgan fingerprint density at radius 3 is 2.80 bits per heavy atom. The molecular formula is C14H20BrClN2O2. The fourth-order valence-electron chi connectivity index (χ4n) is 1.86. The second kappa shape index (κ2) is 8.49. The largest absolute Gasteiger partial charge is 0.491 e. The minimum absolute atomic E-state index is 0.127. The third-order valence-electron chi connectivity index (χ3n) is 2.68. The van der Waals surface area contributed by atoms with Crippen LogP contribution >= 0.6 is 27.5 Å². The Morgan fingerprint density at radius 1 is 1.50 bits per heavy atom. The normalized spacial score (nSPS) is 12.1. The monoisotopic (exact) mass is 362 g/mol. The summed E-state index contributed by atoms with van der Waals surface area (Å²) in [6.45, 7) is 4.42. The predicted molar refractivity (Wildman–Crippen MR) is 86.5 cm³/mol. The van der Waals surface area contributed by atoms with Crippen LogP contribution in [0, 0.1) is 0 Å². The minimum atomic E-state index is -0.138. The molecule has 0 saturated carbocycles. The Morgan fingerprint density at radius 2 is 2.20 bits per heavy atom. The summed E-state index contributed by atoms with van der Waals surface area (Å²) in [7, 11) is 0. The van der Waals surface area contributed by atoms with Crippen molar-refractivity contribution >= 4 is 39.1 Å². The number of hydrogen-bond acceptors (Lipinski definition) is 3. The molecule has 0 spiro atoms. The lowest BCUT2D eigenvalue weighted by atomic mass is 10.1. The van der Waals surface area contributed by atoms with Crippen LogP contribution in [0.25, 0.3) is 0 Å². The molecule has 0 aliphatic rings. The number of carbonyl (C=O) groups is 1. The van der Waals surface area contributed by atoms with Gasteiger partial charge in [-0.1, -0.05) is 24.9 Å². The maximum Gasteiger partial charge on any atom is 0.226 e. The van der Waals surface area contributed by atoms with Gasteiger partial charge in [-0.3, -0.25) is 4.79 Å². The number of benzene rings is 1. The number of ether oxygens (including phenoxy) is 1. The predicted octanol–water partition coefficient (Wildman–Crippen LogP) is 3.96.